The fourth-order valence-electron chi connectivity index (χ4n) is 2.95. The van der Waals surface area contributed by atoms with Gasteiger partial charge in [-0.1, -0.05) is 42.5 Å². The molecule has 0 aliphatic heterocycles. The van der Waals surface area contributed by atoms with Crippen molar-refractivity contribution in [1.29, 1.82) is 0 Å². The van der Waals surface area contributed by atoms with Crippen molar-refractivity contribution < 1.29 is 4.42 Å². The van der Waals surface area contributed by atoms with E-state index in [-0.39, 0.29) is 0 Å². The first-order valence-corrected chi connectivity index (χ1v) is 6.88. The van der Waals surface area contributed by atoms with Gasteiger partial charge in [-0.3, -0.25) is 0 Å². The zero-order valence-electron chi connectivity index (χ0n) is 11.6. The van der Waals surface area contributed by atoms with Crippen LogP contribution in [-0.2, 0) is 0 Å². The summed E-state index contributed by atoms with van der Waals surface area (Å²) < 4.78 is 5.79. The predicted octanol–water partition coefficient (Wildman–Crippen LogP) is 5.14. The fraction of sp³-hybridized carbons (Fsp3) is 0.105. The summed E-state index contributed by atoms with van der Waals surface area (Å²) in [5.74, 6) is 0.989. The Labute approximate surface area is 118 Å². The molecule has 1 aliphatic carbocycles. The van der Waals surface area contributed by atoms with Gasteiger partial charge in [0.1, 0.15) is 5.76 Å². The summed E-state index contributed by atoms with van der Waals surface area (Å²) in [6.45, 7) is 4.21. The van der Waals surface area contributed by atoms with Crippen molar-refractivity contribution in [2.45, 2.75) is 13.8 Å². The summed E-state index contributed by atoms with van der Waals surface area (Å²) >= 11 is 0. The van der Waals surface area contributed by atoms with Gasteiger partial charge in [0.05, 0.1) is 6.26 Å². The van der Waals surface area contributed by atoms with Crippen LogP contribution in [0.3, 0.4) is 0 Å². The second-order valence-corrected chi connectivity index (χ2v) is 5.37. The number of hydrogen-bond donors (Lipinski definition) is 0. The molecule has 1 heteroatoms. The van der Waals surface area contributed by atoms with Crippen molar-refractivity contribution >= 4 is 0 Å². The van der Waals surface area contributed by atoms with E-state index in [1.54, 1.807) is 0 Å². The molecule has 0 spiro atoms. The van der Waals surface area contributed by atoms with Gasteiger partial charge in [0.2, 0.25) is 0 Å². The molecule has 3 aromatic rings. The number of benzene rings is 2. The van der Waals surface area contributed by atoms with E-state index >= 15 is 0 Å². The van der Waals surface area contributed by atoms with Crippen LogP contribution in [0.25, 0.3) is 22.5 Å². The summed E-state index contributed by atoms with van der Waals surface area (Å²) in [5, 5.41) is 0. The van der Waals surface area contributed by atoms with E-state index in [0.717, 1.165) is 5.76 Å². The highest BCUT2D eigenvalue weighted by atomic mass is 16.3. The molecule has 1 aromatic heterocycles. The summed E-state index contributed by atoms with van der Waals surface area (Å²) in [7, 11) is 0. The fourth-order valence-corrected chi connectivity index (χ4v) is 2.95. The molecule has 1 aliphatic rings. The molecular weight excluding hydrogens is 244 g/mol. The third kappa shape index (κ3) is 1.50. The minimum atomic E-state index is 0.989. The SMILES string of the molecule is Cc1coc(-c2cccc3c2[CH]c2ccccc2-3)c1C. The number of furan rings is 1. The van der Waals surface area contributed by atoms with E-state index in [9.17, 15) is 0 Å². The van der Waals surface area contributed by atoms with E-state index in [1.807, 2.05) is 6.26 Å². The van der Waals surface area contributed by atoms with E-state index in [1.165, 1.54) is 38.9 Å². The van der Waals surface area contributed by atoms with Crippen LogP contribution < -0.4 is 0 Å². The molecule has 20 heavy (non-hydrogen) atoms. The molecule has 0 unspecified atom stereocenters. The highest BCUT2D eigenvalue weighted by Crippen LogP contribution is 2.43. The summed E-state index contributed by atoms with van der Waals surface area (Å²) in [6.07, 6.45) is 4.10. The lowest BCUT2D eigenvalue weighted by Gasteiger charge is -2.07. The van der Waals surface area contributed by atoms with Crippen LogP contribution >= 0.6 is 0 Å². The lowest BCUT2D eigenvalue weighted by atomic mass is 9.97. The first kappa shape index (κ1) is 11.5. The molecule has 97 valence electrons. The van der Waals surface area contributed by atoms with E-state index < -0.39 is 0 Å². The van der Waals surface area contributed by atoms with Crippen LogP contribution in [0.1, 0.15) is 22.3 Å². The van der Waals surface area contributed by atoms with Crippen LogP contribution in [0.15, 0.2) is 53.1 Å². The van der Waals surface area contributed by atoms with Gasteiger partial charge in [-0.25, -0.2) is 0 Å². The zero-order valence-corrected chi connectivity index (χ0v) is 11.6. The molecule has 0 fully saturated rings. The Hall–Kier alpha value is -2.28. The van der Waals surface area contributed by atoms with Crippen LogP contribution in [0.4, 0.5) is 0 Å². The molecule has 1 nitrogen and oxygen atoms in total. The molecule has 4 rings (SSSR count). The maximum absolute atomic E-state index is 5.79. The normalized spacial score (nSPS) is 12.3. The Morgan fingerprint density at radius 2 is 1.55 bits per heavy atom. The van der Waals surface area contributed by atoms with Gasteiger partial charge >= 0.3 is 0 Å². The van der Waals surface area contributed by atoms with E-state index in [4.69, 9.17) is 4.42 Å². The molecule has 0 saturated heterocycles. The Balaban J connectivity index is 1.96. The standard InChI is InChI=1S/C19H15O/c1-12-11-20-19(13(12)2)17-9-5-8-16-15-7-4-3-6-14(15)10-18(16)17/h3-11H,1-2H3. The van der Waals surface area contributed by atoms with E-state index in [2.05, 4.69) is 62.7 Å². The monoisotopic (exact) mass is 259 g/mol. The lowest BCUT2D eigenvalue weighted by Crippen LogP contribution is -1.87. The molecule has 0 amide bonds. The van der Waals surface area contributed by atoms with Crippen LogP contribution in [0, 0.1) is 20.3 Å². The highest BCUT2D eigenvalue weighted by Gasteiger charge is 2.23. The Morgan fingerprint density at radius 3 is 2.35 bits per heavy atom. The average molecular weight is 259 g/mol. The minimum absolute atomic E-state index is 0.989. The zero-order chi connectivity index (χ0) is 13.7. The molecule has 0 N–H and O–H groups in total. The summed E-state index contributed by atoms with van der Waals surface area (Å²) in [6, 6.07) is 15.0. The number of hydrogen-bond acceptors (Lipinski definition) is 1. The maximum atomic E-state index is 5.79. The molecule has 1 heterocycles. The molecule has 2 aromatic carbocycles. The third-order valence-electron chi connectivity index (χ3n) is 4.19. The first-order valence-electron chi connectivity index (χ1n) is 6.88. The van der Waals surface area contributed by atoms with Gasteiger partial charge in [0.15, 0.2) is 0 Å². The van der Waals surface area contributed by atoms with Crippen molar-refractivity contribution in [1.82, 2.24) is 0 Å². The molecule has 0 saturated carbocycles. The Bertz CT molecular complexity index is 808. The number of fused-ring (bicyclic) bond motifs is 3. The van der Waals surface area contributed by atoms with Gasteiger partial charge < -0.3 is 4.42 Å². The average Bonchev–Trinajstić information content (AvgIpc) is 3.01. The van der Waals surface area contributed by atoms with Crippen molar-refractivity contribution in [3.05, 3.63) is 77.4 Å². The quantitative estimate of drug-likeness (QED) is 0.461. The van der Waals surface area contributed by atoms with Crippen LogP contribution in [0.2, 0.25) is 0 Å². The second kappa shape index (κ2) is 4.11. The number of aryl methyl sites for hydroxylation is 1. The molecule has 0 atom stereocenters. The van der Waals surface area contributed by atoms with Crippen molar-refractivity contribution in [2.75, 3.05) is 0 Å². The molecule has 0 bridgehead atoms. The number of rotatable bonds is 1. The summed E-state index contributed by atoms with van der Waals surface area (Å²) in [5.41, 5.74) is 8.78. The minimum Gasteiger partial charge on any atom is -0.464 e. The smallest absolute Gasteiger partial charge is 0.137 e. The van der Waals surface area contributed by atoms with Gasteiger partial charge in [0.25, 0.3) is 0 Å². The maximum Gasteiger partial charge on any atom is 0.137 e. The van der Waals surface area contributed by atoms with Gasteiger partial charge in [0, 0.05) is 12.0 Å². The molecule has 1 radical (unpaired) electrons. The van der Waals surface area contributed by atoms with Crippen molar-refractivity contribution in [2.24, 2.45) is 0 Å². The lowest BCUT2D eigenvalue weighted by molar-refractivity contribution is 0.579. The van der Waals surface area contributed by atoms with Crippen molar-refractivity contribution in [3.8, 4) is 22.5 Å². The van der Waals surface area contributed by atoms with Gasteiger partial charge in [-0.15, -0.1) is 0 Å². The largest absolute Gasteiger partial charge is 0.464 e. The first-order chi connectivity index (χ1) is 9.75. The van der Waals surface area contributed by atoms with Crippen LogP contribution in [0.5, 0.6) is 0 Å². The highest BCUT2D eigenvalue weighted by molar-refractivity contribution is 5.88. The van der Waals surface area contributed by atoms with Crippen molar-refractivity contribution in [3.63, 3.8) is 0 Å². The third-order valence-corrected chi connectivity index (χ3v) is 4.19. The van der Waals surface area contributed by atoms with E-state index in [0.29, 0.717) is 0 Å². The molecular formula is C19H15O. The van der Waals surface area contributed by atoms with Gasteiger partial charge in [-0.05, 0) is 47.2 Å². The Morgan fingerprint density at radius 1 is 0.800 bits per heavy atom. The predicted molar refractivity (Wildman–Crippen MR) is 81.6 cm³/mol. The topological polar surface area (TPSA) is 13.1 Å². The van der Waals surface area contributed by atoms with Crippen LogP contribution in [-0.4, -0.2) is 0 Å². The van der Waals surface area contributed by atoms with Gasteiger partial charge in [-0.2, -0.15) is 0 Å². The summed E-state index contributed by atoms with van der Waals surface area (Å²) in [4.78, 5) is 0. The Kier molecular flexibility index (Phi) is 2.37. The second-order valence-electron chi connectivity index (χ2n) is 5.37.